The Morgan fingerprint density at radius 1 is 1.33 bits per heavy atom. The number of sulfonamides is 1. The molecule has 1 amide bonds. The van der Waals surface area contributed by atoms with Gasteiger partial charge >= 0.3 is 0 Å². The monoisotopic (exact) mass is 375 g/mol. The molecule has 8 heteroatoms. The summed E-state index contributed by atoms with van der Waals surface area (Å²) >= 11 is 0. The Morgan fingerprint density at radius 3 is 2.62 bits per heavy atom. The molecular formula is C16H26ClN3O3S. The Hall–Kier alpha value is -1.15. The summed E-state index contributed by atoms with van der Waals surface area (Å²) < 4.78 is 26.5. The highest BCUT2D eigenvalue weighted by atomic mass is 35.5. The van der Waals surface area contributed by atoms with Crippen molar-refractivity contribution >= 4 is 28.3 Å². The lowest BCUT2D eigenvalue weighted by molar-refractivity contribution is 0.0930. The maximum absolute atomic E-state index is 12.5. The summed E-state index contributed by atoms with van der Waals surface area (Å²) in [4.78, 5) is 12.5. The third-order valence-corrected chi connectivity index (χ3v) is 6.12. The summed E-state index contributed by atoms with van der Waals surface area (Å²) in [6.45, 7) is 6.14. The van der Waals surface area contributed by atoms with Crippen LogP contribution in [0.25, 0.3) is 0 Å². The minimum Gasteiger partial charge on any atom is -0.348 e. The van der Waals surface area contributed by atoms with Gasteiger partial charge in [-0.2, -0.15) is 4.31 Å². The lowest BCUT2D eigenvalue weighted by Gasteiger charge is -2.24. The number of nitrogens with zero attached hydrogens (tertiary/aromatic N) is 1. The first kappa shape index (κ1) is 20.9. The van der Waals surface area contributed by atoms with Gasteiger partial charge in [0.2, 0.25) is 10.0 Å². The third-order valence-electron chi connectivity index (χ3n) is 4.07. The zero-order chi connectivity index (χ0) is 16.9. The summed E-state index contributed by atoms with van der Waals surface area (Å²) in [6, 6.07) is 6.35. The molecule has 1 fully saturated rings. The number of halogens is 1. The summed E-state index contributed by atoms with van der Waals surface area (Å²) in [5, 5.41) is 6.20. The number of carbonyl (C=O) groups is 1. The van der Waals surface area contributed by atoms with Crippen LogP contribution in [0.15, 0.2) is 29.2 Å². The molecule has 2 rings (SSSR count). The van der Waals surface area contributed by atoms with E-state index in [0.29, 0.717) is 18.7 Å². The van der Waals surface area contributed by atoms with Gasteiger partial charge in [-0.05, 0) is 37.6 Å². The van der Waals surface area contributed by atoms with E-state index < -0.39 is 10.0 Å². The average molecular weight is 376 g/mol. The molecule has 2 N–H and O–H groups in total. The number of hydrogen-bond donors (Lipinski definition) is 2. The molecule has 0 aliphatic carbocycles. The summed E-state index contributed by atoms with van der Waals surface area (Å²) in [5.41, 5.74) is 0.379. The Morgan fingerprint density at radius 2 is 2.04 bits per heavy atom. The minimum atomic E-state index is -3.55. The lowest BCUT2D eigenvalue weighted by Crippen LogP contribution is -2.45. The van der Waals surface area contributed by atoms with Gasteiger partial charge in [-0.15, -0.1) is 12.4 Å². The summed E-state index contributed by atoms with van der Waals surface area (Å²) in [7, 11) is -3.55. The van der Waals surface area contributed by atoms with Gasteiger partial charge in [-0.3, -0.25) is 4.79 Å². The van der Waals surface area contributed by atoms with Gasteiger partial charge in [0, 0.05) is 31.2 Å². The Labute approximate surface area is 150 Å². The van der Waals surface area contributed by atoms with Crippen molar-refractivity contribution in [1.82, 2.24) is 14.9 Å². The van der Waals surface area contributed by atoms with Crippen LogP contribution in [0.4, 0.5) is 0 Å². The van der Waals surface area contributed by atoms with Crippen LogP contribution in [0, 0.1) is 0 Å². The molecule has 136 valence electrons. The third kappa shape index (κ3) is 4.92. The predicted molar refractivity (Wildman–Crippen MR) is 97.2 cm³/mol. The van der Waals surface area contributed by atoms with Crippen LogP contribution in [0.1, 0.15) is 37.0 Å². The molecule has 1 aliphatic heterocycles. The zero-order valence-corrected chi connectivity index (χ0v) is 15.8. The van der Waals surface area contributed by atoms with Crippen LogP contribution >= 0.6 is 12.4 Å². The first-order valence-electron chi connectivity index (χ1n) is 8.10. The van der Waals surface area contributed by atoms with Crippen molar-refractivity contribution in [3.05, 3.63) is 29.8 Å². The van der Waals surface area contributed by atoms with Gasteiger partial charge in [0.05, 0.1) is 4.90 Å². The van der Waals surface area contributed by atoms with E-state index in [1.165, 1.54) is 16.4 Å². The van der Waals surface area contributed by atoms with Crippen LogP contribution in [0.5, 0.6) is 0 Å². The number of nitrogens with one attached hydrogen (secondary N) is 2. The molecule has 1 heterocycles. The number of rotatable bonds is 6. The Kier molecular flexibility index (Phi) is 8.15. The smallest absolute Gasteiger partial charge is 0.251 e. The van der Waals surface area contributed by atoms with Crippen LogP contribution in [0.2, 0.25) is 0 Å². The highest BCUT2D eigenvalue weighted by Crippen LogP contribution is 2.17. The van der Waals surface area contributed by atoms with Crippen molar-refractivity contribution in [2.75, 3.05) is 26.2 Å². The fourth-order valence-electron chi connectivity index (χ4n) is 2.75. The molecule has 6 nitrogen and oxygen atoms in total. The average Bonchev–Trinajstić information content (AvgIpc) is 2.57. The predicted octanol–water partition coefficient (Wildman–Crippen LogP) is 1.62. The van der Waals surface area contributed by atoms with Crippen molar-refractivity contribution in [3.8, 4) is 0 Å². The molecule has 24 heavy (non-hydrogen) atoms. The van der Waals surface area contributed by atoms with Crippen LogP contribution in [-0.4, -0.2) is 50.9 Å². The fraction of sp³-hybridized carbons (Fsp3) is 0.562. The highest BCUT2D eigenvalue weighted by molar-refractivity contribution is 7.89. The SMILES string of the molecule is CCN(CC)S(=O)(=O)c1cccc(C(=O)NC2CCCNC2)c1.Cl. The molecule has 0 radical (unpaired) electrons. The first-order valence-corrected chi connectivity index (χ1v) is 9.54. The molecule has 0 spiro atoms. The number of hydrogen-bond acceptors (Lipinski definition) is 4. The normalized spacial score (nSPS) is 18.0. The second kappa shape index (κ2) is 9.36. The minimum absolute atomic E-state index is 0. The van der Waals surface area contributed by atoms with Gasteiger partial charge in [0.1, 0.15) is 0 Å². The lowest BCUT2D eigenvalue weighted by atomic mass is 10.1. The molecule has 1 unspecified atom stereocenters. The van der Waals surface area contributed by atoms with Gasteiger partial charge in [0.25, 0.3) is 5.91 Å². The molecule has 1 saturated heterocycles. The molecule has 0 bridgehead atoms. The van der Waals surface area contributed by atoms with E-state index in [-0.39, 0.29) is 29.3 Å². The van der Waals surface area contributed by atoms with Crippen molar-refractivity contribution in [1.29, 1.82) is 0 Å². The highest BCUT2D eigenvalue weighted by Gasteiger charge is 2.23. The second-order valence-corrected chi connectivity index (χ2v) is 7.57. The van der Waals surface area contributed by atoms with E-state index in [1.54, 1.807) is 26.0 Å². The van der Waals surface area contributed by atoms with Gasteiger partial charge in [-0.25, -0.2) is 8.42 Å². The molecule has 1 atom stereocenters. The number of amides is 1. The molecule has 1 aliphatic rings. The standard InChI is InChI=1S/C16H25N3O3S.ClH/c1-3-19(4-2)23(21,22)15-9-5-7-13(11-15)16(20)18-14-8-6-10-17-12-14;/h5,7,9,11,14,17H,3-4,6,8,10,12H2,1-2H3,(H,18,20);1H. The van der Waals surface area contributed by atoms with E-state index in [2.05, 4.69) is 10.6 Å². The quantitative estimate of drug-likeness (QED) is 0.792. The fourth-order valence-corrected chi connectivity index (χ4v) is 4.26. The molecule has 1 aromatic carbocycles. The summed E-state index contributed by atoms with van der Waals surface area (Å²) in [5.74, 6) is -0.227. The van der Waals surface area contributed by atoms with E-state index in [9.17, 15) is 13.2 Å². The van der Waals surface area contributed by atoms with Crippen molar-refractivity contribution < 1.29 is 13.2 Å². The van der Waals surface area contributed by atoms with Gasteiger partial charge in [0.15, 0.2) is 0 Å². The van der Waals surface area contributed by atoms with Gasteiger partial charge in [-0.1, -0.05) is 19.9 Å². The van der Waals surface area contributed by atoms with Gasteiger partial charge < -0.3 is 10.6 Å². The van der Waals surface area contributed by atoms with E-state index >= 15 is 0 Å². The molecule has 1 aromatic rings. The van der Waals surface area contributed by atoms with E-state index in [1.807, 2.05) is 0 Å². The van der Waals surface area contributed by atoms with Crippen molar-refractivity contribution in [2.24, 2.45) is 0 Å². The maximum atomic E-state index is 12.5. The van der Waals surface area contributed by atoms with Crippen LogP contribution in [-0.2, 0) is 10.0 Å². The van der Waals surface area contributed by atoms with E-state index in [0.717, 1.165) is 25.9 Å². The number of carbonyl (C=O) groups excluding carboxylic acids is 1. The first-order chi connectivity index (χ1) is 11.0. The Balaban J connectivity index is 0.00000288. The zero-order valence-electron chi connectivity index (χ0n) is 14.1. The van der Waals surface area contributed by atoms with Crippen LogP contribution in [0.3, 0.4) is 0 Å². The van der Waals surface area contributed by atoms with Crippen molar-refractivity contribution in [3.63, 3.8) is 0 Å². The van der Waals surface area contributed by atoms with Crippen LogP contribution < -0.4 is 10.6 Å². The topological polar surface area (TPSA) is 78.5 Å². The number of piperidine rings is 1. The van der Waals surface area contributed by atoms with Crippen molar-refractivity contribution in [2.45, 2.75) is 37.6 Å². The largest absolute Gasteiger partial charge is 0.348 e. The summed E-state index contributed by atoms with van der Waals surface area (Å²) in [6.07, 6.45) is 1.97. The number of benzene rings is 1. The molecule has 0 saturated carbocycles. The molecule has 0 aromatic heterocycles. The Bertz CT molecular complexity index is 642. The maximum Gasteiger partial charge on any atom is 0.251 e. The molecular weight excluding hydrogens is 350 g/mol. The van der Waals surface area contributed by atoms with E-state index in [4.69, 9.17) is 0 Å². The second-order valence-electron chi connectivity index (χ2n) is 5.63.